The molecule has 1 aromatic rings. The average molecular weight is 375 g/mol. The predicted octanol–water partition coefficient (Wildman–Crippen LogP) is 1.28. The average Bonchev–Trinajstić information content (AvgIpc) is 3.09. The van der Waals surface area contributed by atoms with E-state index < -0.39 is 0 Å². The van der Waals surface area contributed by atoms with E-state index in [1.807, 2.05) is 31.2 Å². The molecule has 2 amide bonds. The Balaban J connectivity index is 1.42. The molecule has 3 rings (SSSR count). The van der Waals surface area contributed by atoms with E-state index in [0.29, 0.717) is 19.7 Å². The van der Waals surface area contributed by atoms with Crippen LogP contribution >= 0.6 is 0 Å². The molecule has 2 heterocycles. The van der Waals surface area contributed by atoms with Gasteiger partial charge in [-0.3, -0.25) is 14.5 Å². The topological polar surface area (TPSA) is 71.1 Å². The van der Waals surface area contributed by atoms with Gasteiger partial charge in [0.2, 0.25) is 11.8 Å². The van der Waals surface area contributed by atoms with Crippen LogP contribution in [0.25, 0.3) is 0 Å². The van der Waals surface area contributed by atoms with Crippen molar-refractivity contribution in [1.29, 1.82) is 0 Å². The number of rotatable bonds is 8. The van der Waals surface area contributed by atoms with Gasteiger partial charge in [-0.05, 0) is 44.2 Å². The minimum atomic E-state index is -0.285. The van der Waals surface area contributed by atoms with Crippen molar-refractivity contribution in [2.75, 3.05) is 57.4 Å². The van der Waals surface area contributed by atoms with Crippen molar-refractivity contribution in [3.63, 3.8) is 0 Å². The van der Waals surface area contributed by atoms with Crippen LogP contribution in [0.2, 0.25) is 0 Å². The van der Waals surface area contributed by atoms with Crippen molar-refractivity contribution in [3.05, 3.63) is 24.3 Å². The fourth-order valence-electron chi connectivity index (χ4n) is 3.51. The van der Waals surface area contributed by atoms with E-state index in [1.54, 1.807) is 4.90 Å². The van der Waals surface area contributed by atoms with Gasteiger partial charge in [0.05, 0.1) is 25.7 Å². The number of anilines is 1. The lowest BCUT2D eigenvalue weighted by atomic mass is 10.1. The fraction of sp³-hybridized carbons (Fsp3) is 0.600. The molecule has 7 nitrogen and oxygen atoms in total. The Labute approximate surface area is 160 Å². The normalized spacial score (nSPS) is 20.7. The number of hydrogen-bond acceptors (Lipinski definition) is 5. The van der Waals surface area contributed by atoms with Crippen molar-refractivity contribution >= 4 is 17.5 Å². The second-order valence-electron chi connectivity index (χ2n) is 6.93. The Morgan fingerprint density at radius 1 is 1.26 bits per heavy atom. The summed E-state index contributed by atoms with van der Waals surface area (Å²) in [6, 6.07) is 7.44. The Kier molecular flexibility index (Phi) is 7.06. The standard InChI is InChI=1S/C20H29N3O4/c1-2-27-18-6-4-17(5-7-18)23-15-16(14-19(23)24)20(25)21-8-3-9-22-10-12-26-13-11-22/h4-7,16H,2-3,8-15H2,1H3,(H,21,25)/t16-/m1/s1. The maximum atomic E-state index is 12.4. The van der Waals surface area contributed by atoms with Gasteiger partial charge in [0.15, 0.2) is 0 Å². The van der Waals surface area contributed by atoms with Gasteiger partial charge < -0.3 is 19.7 Å². The molecular weight excluding hydrogens is 346 g/mol. The highest BCUT2D eigenvalue weighted by molar-refractivity contribution is 6.00. The fourth-order valence-corrected chi connectivity index (χ4v) is 3.51. The summed E-state index contributed by atoms with van der Waals surface area (Å²) in [4.78, 5) is 28.8. The van der Waals surface area contributed by atoms with Crippen molar-refractivity contribution < 1.29 is 19.1 Å². The molecule has 0 aromatic heterocycles. The number of amides is 2. The van der Waals surface area contributed by atoms with Crippen molar-refractivity contribution in [2.24, 2.45) is 5.92 Å². The van der Waals surface area contributed by atoms with Crippen LogP contribution < -0.4 is 15.0 Å². The van der Waals surface area contributed by atoms with E-state index in [2.05, 4.69) is 10.2 Å². The number of nitrogens with one attached hydrogen (secondary N) is 1. The molecule has 1 atom stereocenters. The van der Waals surface area contributed by atoms with Gasteiger partial charge >= 0.3 is 0 Å². The first-order chi connectivity index (χ1) is 13.2. The first-order valence-corrected chi connectivity index (χ1v) is 9.78. The second kappa shape index (κ2) is 9.71. The van der Waals surface area contributed by atoms with Gasteiger partial charge in [0.25, 0.3) is 0 Å². The van der Waals surface area contributed by atoms with Crippen molar-refractivity contribution in [3.8, 4) is 5.75 Å². The van der Waals surface area contributed by atoms with Crippen LogP contribution in [0, 0.1) is 5.92 Å². The van der Waals surface area contributed by atoms with E-state index >= 15 is 0 Å². The number of carbonyl (C=O) groups is 2. The van der Waals surface area contributed by atoms with E-state index in [9.17, 15) is 9.59 Å². The lowest BCUT2D eigenvalue weighted by molar-refractivity contribution is -0.126. The predicted molar refractivity (Wildman–Crippen MR) is 103 cm³/mol. The molecule has 27 heavy (non-hydrogen) atoms. The number of morpholine rings is 1. The summed E-state index contributed by atoms with van der Waals surface area (Å²) in [5.74, 6) is 0.460. The number of hydrogen-bond donors (Lipinski definition) is 1. The van der Waals surface area contributed by atoms with Gasteiger partial charge in [0.1, 0.15) is 5.75 Å². The highest BCUT2D eigenvalue weighted by Crippen LogP contribution is 2.27. The van der Waals surface area contributed by atoms with Crippen LogP contribution in [0.15, 0.2) is 24.3 Å². The number of ether oxygens (including phenoxy) is 2. The minimum Gasteiger partial charge on any atom is -0.494 e. The lowest BCUT2D eigenvalue weighted by Crippen LogP contribution is -2.39. The van der Waals surface area contributed by atoms with Crippen LogP contribution in [-0.4, -0.2) is 69.3 Å². The summed E-state index contributed by atoms with van der Waals surface area (Å²) < 4.78 is 10.8. The smallest absolute Gasteiger partial charge is 0.227 e. The zero-order valence-corrected chi connectivity index (χ0v) is 16.0. The monoisotopic (exact) mass is 375 g/mol. The minimum absolute atomic E-state index is 0.00683. The second-order valence-corrected chi connectivity index (χ2v) is 6.93. The summed E-state index contributed by atoms with van der Waals surface area (Å²) in [5.41, 5.74) is 0.811. The third-order valence-electron chi connectivity index (χ3n) is 5.01. The maximum Gasteiger partial charge on any atom is 0.227 e. The van der Waals surface area contributed by atoms with Gasteiger partial charge in [-0.15, -0.1) is 0 Å². The van der Waals surface area contributed by atoms with Gasteiger partial charge in [-0.25, -0.2) is 0 Å². The molecule has 2 saturated heterocycles. The zero-order valence-electron chi connectivity index (χ0n) is 16.0. The lowest BCUT2D eigenvalue weighted by Gasteiger charge is -2.26. The molecule has 0 aliphatic carbocycles. The Hall–Kier alpha value is -2.12. The molecule has 148 valence electrons. The Bertz CT molecular complexity index is 629. The highest BCUT2D eigenvalue weighted by atomic mass is 16.5. The van der Waals surface area contributed by atoms with Crippen LogP contribution in [-0.2, 0) is 14.3 Å². The first kappa shape index (κ1) is 19.6. The third-order valence-corrected chi connectivity index (χ3v) is 5.01. The van der Waals surface area contributed by atoms with Crippen molar-refractivity contribution in [2.45, 2.75) is 19.8 Å². The van der Waals surface area contributed by atoms with E-state index in [4.69, 9.17) is 9.47 Å². The SMILES string of the molecule is CCOc1ccc(N2C[C@H](C(=O)NCCCN3CCOCC3)CC2=O)cc1. The molecular formula is C20H29N3O4. The van der Waals surface area contributed by atoms with Gasteiger partial charge in [-0.2, -0.15) is 0 Å². The van der Waals surface area contributed by atoms with Crippen molar-refractivity contribution in [1.82, 2.24) is 10.2 Å². The molecule has 7 heteroatoms. The summed E-state index contributed by atoms with van der Waals surface area (Å²) >= 11 is 0. The van der Waals surface area contributed by atoms with Gasteiger partial charge in [0, 0.05) is 38.3 Å². The van der Waals surface area contributed by atoms with Crippen LogP contribution in [0.5, 0.6) is 5.75 Å². The van der Waals surface area contributed by atoms with E-state index in [1.165, 1.54) is 0 Å². The molecule has 0 unspecified atom stereocenters. The maximum absolute atomic E-state index is 12.4. The van der Waals surface area contributed by atoms with Crippen LogP contribution in [0.1, 0.15) is 19.8 Å². The van der Waals surface area contributed by atoms with Gasteiger partial charge in [-0.1, -0.05) is 0 Å². The Morgan fingerprint density at radius 2 is 2.00 bits per heavy atom. The first-order valence-electron chi connectivity index (χ1n) is 9.78. The van der Waals surface area contributed by atoms with E-state index in [0.717, 1.165) is 50.7 Å². The zero-order chi connectivity index (χ0) is 19.1. The summed E-state index contributed by atoms with van der Waals surface area (Å²) in [6.45, 7) is 8.08. The largest absolute Gasteiger partial charge is 0.494 e. The molecule has 0 radical (unpaired) electrons. The quantitative estimate of drug-likeness (QED) is 0.693. The Morgan fingerprint density at radius 3 is 2.70 bits per heavy atom. The van der Waals surface area contributed by atoms with E-state index in [-0.39, 0.29) is 24.2 Å². The summed E-state index contributed by atoms with van der Waals surface area (Å²) in [5, 5.41) is 2.99. The summed E-state index contributed by atoms with van der Waals surface area (Å²) in [6.07, 6.45) is 1.18. The molecule has 2 aliphatic heterocycles. The third kappa shape index (κ3) is 5.43. The van der Waals surface area contributed by atoms with Crippen LogP contribution in [0.4, 0.5) is 5.69 Å². The molecule has 1 aromatic carbocycles. The molecule has 2 fully saturated rings. The number of carbonyl (C=O) groups excluding carboxylic acids is 2. The molecule has 0 saturated carbocycles. The molecule has 0 bridgehead atoms. The van der Waals surface area contributed by atoms with Crippen LogP contribution in [0.3, 0.4) is 0 Å². The molecule has 0 spiro atoms. The molecule has 2 aliphatic rings. The highest BCUT2D eigenvalue weighted by Gasteiger charge is 2.34. The summed E-state index contributed by atoms with van der Waals surface area (Å²) in [7, 11) is 0. The number of nitrogens with zero attached hydrogens (tertiary/aromatic N) is 2. The molecule has 1 N–H and O–H groups in total. The number of benzene rings is 1.